The average molecular weight is 639 g/mol. The Morgan fingerprint density at radius 1 is 1.07 bits per heavy atom. The molecule has 2 N–H and O–H groups in total. The molecule has 0 radical (unpaired) electrons. The number of benzene rings is 2. The number of hydrogen-bond acceptors (Lipinski definition) is 9. The third-order valence-electron chi connectivity index (χ3n) is 6.91. The first-order valence-electron chi connectivity index (χ1n) is 12.6. The van der Waals surface area contributed by atoms with E-state index in [0.717, 1.165) is 22.5 Å². The van der Waals surface area contributed by atoms with Gasteiger partial charge in [-0.1, -0.05) is 70.6 Å². The van der Waals surface area contributed by atoms with Gasteiger partial charge in [0.1, 0.15) is 17.1 Å². The first kappa shape index (κ1) is 28.2. The number of thioether (sulfide) groups is 1. The minimum Gasteiger partial charge on any atom is -0.508 e. The maximum atomic E-state index is 13.6. The van der Waals surface area contributed by atoms with Crippen LogP contribution in [0, 0.1) is 13.8 Å². The predicted octanol–water partition coefficient (Wildman–Crippen LogP) is 6.73. The molecule has 0 spiro atoms. The molecule has 4 heterocycles. The molecule has 42 heavy (non-hydrogen) atoms. The van der Waals surface area contributed by atoms with Crippen LogP contribution in [0.4, 0.5) is 5.13 Å². The van der Waals surface area contributed by atoms with Crippen molar-refractivity contribution in [3.05, 3.63) is 104 Å². The zero-order valence-corrected chi connectivity index (χ0v) is 25.2. The molecule has 3 aromatic heterocycles. The van der Waals surface area contributed by atoms with E-state index in [1.54, 1.807) is 31.2 Å². The van der Waals surface area contributed by atoms with Crippen molar-refractivity contribution in [1.82, 2.24) is 19.6 Å². The number of aryl methyl sites for hydroxylation is 2. The normalized spacial score (nSPS) is 16.6. The van der Waals surface area contributed by atoms with Gasteiger partial charge in [-0.05, 0) is 60.9 Å². The van der Waals surface area contributed by atoms with E-state index in [0.29, 0.717) is 37.0 Å². The maximum Gasteiger partial charge on any atom is 0.301 e. The van der Waals surface area contributed by atoms with Crippen LogP contribution in [0.1, 0.15) is 34.1 Å². The number of ketones is 1. The summed E-state index contributed by atoms with van der Waals surface area (Å²) < 4.78 is 2.35. The topological polar surface area (TPSA) is 121 Å². The Labute approximate surface area is 258 Å². The largest absolute Gasteiger partial charge is 0.508 e. The molecular weight excluding hydrogens is 617 g/mol. The molecule has 5 aromatic rings. The van der Waals surface area contributed by atoms with Crippen molar-refractivity contribution >= 4 is 74.5 Å². The van der Waals surface area contributed by atoms with Gasteiger partial charge in [-0.3, -0.25) is 14.5 Å². The monoisotopic (exact) mass is 637 g/mol. The van der Waals surface area contributed by atoms with Crippen molar-refractivity contribution in [3.8, 4) is 5.75 Å². The van der Waals surface area contributed by atoms with Crippen molar-refractivity contribution in [2.75, 3.05) is 4.90 Å². The number of aromatic hydroxyl groups is 1. The van der Waals surface area contributed by atoms with Crippen LogP contribution in [-0.4, -0.2) is 41.5 Å². The standard InChI is InChI=1S/C29H21Cl2N5O4S2/c1-14-5-4-10-35-15(2)22(32-26(14)35)24(38)21-23(16-6-3-7-19(37)11-16)36(27(40)25(21)39)28-33-34-29(42-28)41-13-17-8-9-18(30)12-20(17)31/h3-12,23,37-38H,13H2,1-2H3. The van der Waals surface area contributed by atoms with Crippen molar-refractivity contribution < 1.29 is 19.8 Å². The number of anilines is 1. The molecule has 1 atom stereocenters. The summed E-state index contributed by atoms with van der Waals surface area (Å²) in [5.41, 5.74) is 3.37. The summed E-state index contributed by atoms with van der Waals surface area (Å²) in [5.74, 6) is -1.78. The highest BCUT2D eigenvalue weighted by molar-refractivity contribution is 8.00. The molecule has 1 fully saturated rings. The van der Waals surface area contributed by atoms with Gasteiger partial charge in [0.2, 0.25) is 5.13 Å². The van der Waals surface area contributed by atoms with E-state index in [-0.39, 0.29) is 22.1 Å². The van der Waals surface area contributed by atoms with Crippen LogP contribution in [0.3, 0.4) is 0 Å². The lowest BCUT2D eigenvalue weighted by Crippen LogP contribution is -2.29. The number of phenolic OH excluding ortho intramolecular Hbond substituents is 1. The number of carbonyl (C=O) groups excluding carboxylic acids is 2. The second kappa shape index (κ2) is 11.1. The zero-order chi connectivity index (χ0) is 29.7. The van der Waals surface area contributed by atoms with Gasteiger partial charge in [-0.2, -0.15) is 0 Å². The van der Waals surface area contributed by atoms with Crippen molar-refractivity contribution in [2.24, 2.45) is 0 Å². The zero-order valence-electron chi connectivity index (χ0n) is 22.1. The van der Waals surface area contributed by atoms with Crippen LogP contribution < -0.4 is 4.90 Å². The number of phenols is 1. The van der Waals surface area contributed by atoms with Gasteiger partial charge in [-0.15, -0.1) is 10.2 Å². The van der Waals surface area contributed by atoms with E-state index in [1.165, 1.54) is 28.8 Å². The second-order valence-electron chi connectivity index (χ2n) is 9.57. The lowest BCUT2D eigenvalue weighted by atomic mass is 9.96. The number of amides is 1. The minimum atomic E-state index is -1.08. The summed E-state index contributed by atoms with van der Waals surface area (Å²) in [7, 11) is 0. The molecule has 9 nitrogen and oxygen atoms in total. The number of aromatic nitrogens is 4. The number of rotatable bonds is 6. The first-order valence-corrected chi connectivity index (χ1v) is 15.1. The number of imidazole rings is 1. The van der Waals surface area contributed by atoms with Crippen molar-refractivity contribution in [2.45, 2.75) is 30.0 Å². The van der Waals surface area contributed by atoms with Crippen LogP contribution in [0.2, 0.25) is 10.0 Å². The van der Waals surface area contributed by atoms with Gasteiger partial charge in [0, 0.05) is 22.0 Å². The molecule has 0 bridgehead atoms. The minimum absolute atomic E-state index is 0.0639. The third-order valence-corrected chi connectivity index (χ3v) is 9.60. The quantitative estimate of drug-likeness (QED) is 0.0691. The number of nitrogens with zero attached hydrogens (tertiary/aromatic N) is 5. The van der Waals surface area contributed by atoms with Crippen LogP contribution >= 0.6 is 46.3 Å². The Hall–Kier alpha value is -3.90. The fraction of sp³-hybridized carbons (Fsp3) is 0.138. The lowest BCUT2D eigenvalue weighted by Gasteiger charge is -2.22. The van der Waals surface area contributed by atoms with E-state index in [4.69, 9.17) is 23.2 Å². The van der Waals surface area contributed by atoms with Crippen molar-refractivity contribution in [3.63, 3.8) is 0 Å². The molecule has 1 aliphatic rings. The molecule has 1 amide bonds. The molecule has 0 saturated carbocycles. The Kier molecular flexibility index (Phi) is 7.44. The maximum absolute atomic E-state index is 13.6. The molecule has 13 heteroatoms. The van der Waals surface area contributed by atoms with Crippen molar-refractivity contribution in [1.29, 1.82) is 0 Å². The number of aliphatic hydroxyl groups excluding tert-OH is 1. The molecule has 0 aliphatic carbocycles. The number of halogens is 2. The summed E-state index contributed by atoms with van der Waals surface area (Å²) in [4.78, 5) is 32.9. The summed E-state index contributed by atoms with van der Waals surface area (Å²) in [6, 6.07) is 14.1. The second-order valence-corrected chi connectivity index (χ2v) is 12.6. The molecule has 2 aromatic carbocycles. The molecule has 1 saturated heterocycles. The highest BCUT2D eigenvalue weighted by Gasteiger charge is 2.49. The van der Waals surface area contributed by atoms with Gasteiger partial charge in [0.05, 0.1) is 17.3 Å². The molecule has 6 rings (SSSR count). The van der Waals surface area contributed by atoms with Gasteiger partial charge >= 0.3 is 5.91 Å². The summed E-state index contributed by atoms with van der Waals surface area (Å²) in [6.07, 6.45) is 1.81. The van der Waals surface area contributed by atoms with E-state index < -0.39 is 23.5 Å². The smallest absolute Gasteiger partial charge is 0.301 e. The van der Waals surface area contributed by atoms with E-state index in [2.05, 4.69) is 15.2 Å². The Bertz CT molecular complexity index is 1940. The molecule has 212 valence electrons. The molecule has 1 aliphatic heterocycles. The van der Waals surface area contributed by atoms with Crippen LogP contribution in [0.5, 0.6) is 5.75 Å². The first-order chi connectivity index (χ1) is 20.1. The summed E-state index contributed by atoms with van der Waals surface area (Å²) in [5, 5.41) is 31.5. The lowest BCUT2D eigenvalue weighted by molar-refractivity contribution is -0.132. The SMILES string of the molecule is Cc1cccn2c(C)c(C(O)=C3C(=O)C(=O)N(c4nnc(SCc5ccc(Cl)cc5Cl)s4)C3c3cccc(O)c3)nc12. The van der Waals surface area contributed by atoms with Gasteiger partial charge in [0.25, 0.3) is 5.78 Å². The van der Waals surface area contributed by atoms with Gasteiger partial charge in [-0.25, -0.2) is 4.98 Å². The predicted molar refractivity (Wildman–Crippen MR) is 163 cm³/mol. The summed E-state index contributed by atoms with van der Waals surface area (Å²) in [6.45, 7) is 3.67. The summed E-state index contributed by atoms with van der Waals surface area (Å²) >= 11 is 14.8. The number of Topliss-reactive ketones (excluding diaryl/α,β-unsaturated/α-hetero) is 1. The number of fused-ring (bicyclic) bond motifs is 1. The highest BCUT2D eigenvalue weighted by Crippen LogP contribution is 2.45. The van der Waals surface area contributed by atoms with E-state index in [1.807, 2.05) is 35.7 Å². The third kappa shape index (κ3) is 4.92. The number of aliphatic hydroxyl groups is 1. The molecule has 1 unspecified atom stereocenters. The van der Waals surface area contributed by atoms with Crippen LogP contribution in [0.15, 0.2) is 70.7 Å². The highest BCUT2D eigenvalue weighted by atomic mass is 35.5. The van der Waals surface area contributed by atoms with Gasteiger partial charge < -0.3 is 14.6 Å². The fourth-order valence-electron chi connectivity index (χ4n) is 4.85. The molecular formula is C29H21Cl2N5O4S2. The number of hydrogen-bond donors (Lipinski definition) is 2. The number of pyridine rings is 1. The number of carbonyl (C=O) groups is 2. The van der Waals surface area contributed by atoms with E-state index >= 15 is 0 Å². The Balaban J connectivity index is 1.43. The fourth-order valence-corrected chi connectivity index (χ4v) is 7.28. The van der Waals surface area contributed by atoms with Crippen LogP contribution in [0.25, 0.3) is 11.4 Å². The van der Waals surface area contributed by atoms with Gasteiger partial charge in [0.15, 0.2) is 10.1 Å². The van der Waals surface area contributed by atoms with E-state index in [9.17, 15) is 19.8 Å². The Morgan fingerprint density at radius 3 is 2.62 bits per heavy atom. The van der Waals surface area contributed by atoms with Crippen LogP contribution in [-0.2, 0) is 15.3 Å². The Morgan fingerprint density at radius 2 is 1.88 bits per heavy atom. The average Bonchev–Trinajstić information content (AvgIpc) is 3.63.